The van der Waals surface area contributed by atoms with Crippen LogP contribution in [0.2, 0.25) is 0 Å². The van der Waals surface area contributed by atoms with Crippen molar-refractivity contribution in [2.75, 3.05) is 24.6 Å². The van der Waals surface area contributed by atoms with Crippen LogP contribution in [0.25, 0.3) is 0 Å². The van der Waals surface area contributed by atoms with E-state index in [2.05, 4.69) is 27.0 Å². The average Bonchev–Trinajstić information content (AvgIpc) is 3.02. The molecule has 0 aromatic heterocycles. The summed E-state index contributed by atoms with van der Waals surface area (Å²) >= 11 is 0. The Morgan fingerprint density at radius 2 is 1.62 bits per heavy atom. The standard InChI is InChI=1S/C22H29N3O3S/c1-3-28-21-12-14-22(15-13-21)29(26,27)24-23-18(2)19-8-10-20(11-9-19)25-16-6-4-5-7-17-25/h8-15,24H,3-7,16-17H2,1-2H3/b23-18-. The molecule has 0 bridgehead atoms. The van der Waals surface area contributed by atoms with Crippen LogP contribution in [0.5, 0.6) is 5.75 Å². The van der Waals surface area contributed by atoms with E-state index >= 15 is 0 Å². The molecule has 0 aliphatic carbocycles. The van der Waals surface area contributed by atoms with E-state index in [1.165, 1.54) is 43.5 Å². The third-order valence-corrected chi connectivity index (χ3v) is 6.26. The van der Waals surface area contributed by atoms with Gasteiger partial charge in [-0.3, -0.25) is 0 Å². The summed E-state index contributed by atoms with van der Waals surface area (Å²) in [6.45, 7) is 6.39. The quantitative estimate of drug-likeness (QED) is 0.544. The van der Waals surface area contributed by atoms with Crippen molar-refractivity contribution in [1.82, 2.24) is 4.83 Å². The Bertz CT molecular complexity index is 915. The van der Waals surface area contributed by atoms with E-state index in [4.69, 9.17) is 4.74 Å². The predicted octanol–water partition coefficient (Wildman–Crippen LogP) is 4.17. The second kappa shape index (κ2) is 9.78. The maximum atomic E-state index is 12.5. The Hall–Kier alpha value is -2.54. The van der Waals surface area contributed by atoms with Gasteiger partial charge >= 0.3 is 0 Å². The Balaban J connectivity index is 1.66. The fourth-order valence-corrected chi connectivity index (χ4v) is 4.23. The number of anilines is 1. The van der Waals surface area contributed by atoms with Gasteiger partial charge in [0.1, 0.15) is 5.75 Å². The van der Waals surface area contributed by atoms with Gasteiger partial charge in [-0.05, 0) is 68.7 Å². The van der Waals surface area contributed by atoms with Crippen LogP contribution in [0.15, 0.2) is 58.5 Å². The van der Waals surface area contributed by atoms with E-state index < -0.39 is 10.0 Å². The van der Waals surface area contributed by atoms with Crippen LogP contribution in [0.1, 0.15) is 45.1 Å². The van der Waals surface area contributed by atoms with Crippen molar-refractivity contribution in [3.05, 3.63) is 54.1 Å². The highest BCUT2D eigenvalue weighted by Crippen LogP contribution is 2.20. The van der Waals surface area contributed by atoms with Crippen molar-refractivity contribution in [1.29, 1.82) is 0 Å². The lowest BCUT2D eigenvalue weighted by Gasteiger charge is -2.22. The summed E-state index contributed by atoms with van der Waals surface area (Å²) in [6, 6.07) is 14.4. The van der Waals surface area contributed by atoms with E-state index in [1.54, 1.807) is 19.1 Å². The fourth-order valence-electron chi connectivity index (χ4n) is 3.37. The van der Waals surface area contributed by atoms with Crippen molar-refractivity contribution in [2.24, 2.45) is 5.10 Å². The summed E-state index contributed by atoms with van der Waals surface area (Å²) in [6.07, 6.45) is 5.06. The lowest BCUT2D eigenvalue weighted by molar-refractivity contribution is 0.340. The zero-order chi connectivity index (χ0) is 20.7. The lowest BCUT2D eigenvalue weighted by atomic mass is 10.1. The minimum absolute atomic E-state index is 0.147. The molecule has 1 saturated heterocycles. The minimum atomic E-state index is -3.73. The van der Waals surface area contributed by atoms with Crippen molar-refractivity contribution in [3.8, 4) is 5.75 Å². The number of benzene rings is 2. The second-order valence-electron chi connectivity index (χ2n) is 7.14. The highest BCUT2D eigenvalue weighted by molar-refractivity contribution is 7.89. The zero-order valence-corrected chi connectivity index (χ0v) is 17.9. The van der Waals surface area contributed by atoms with Crippen LogP contribution < -0.4 is 14.5 Å². The summed E-state index contributed by atoms with van der Waals surface area (Å²) < 4.78 is 30.3. The molecule has 1 N–H and O–H groups in total. The fraction of sp³-hybridized carbons (Fsp3) is 0.409. The molecule has 7 heteroatoms. The largest absolute Gasteiger partial charge is 0.494 e. The summed E-state index contributed by atoms with van der Waals surface area (Å²) in [5.41, 5.74) is 2.71. The summed E-state index contributed by atoms with van der Waals surface area (Å²) in [4.78, 5) is 4.88. The number of hydrogen-bond donors (Lipinski definition) is 1. The van der Waals surface area contributed by atoms with Gasteiger partial charge in [0.15, 0.2) is 0 Å². The number of sulfonamides is 1. The number of nitrogens with one attached hydrogen (secondary N) is 1. The van der Waals surface area contributed by atoms with Gasteiger partial charge in [-0.1, -0.05) is 25.0 Å². The first kappa shape index (κ1) is 21.2. The zero-order valence-electron chi connectivity index (χ0n) is 17.1. The van der Waals surface area contributed by atoms with Gasteiger partial charge in [-0.25, -0.2) is 0 Å². The molecule has 0 saturated carbocycles. The highest BCUT2D eigenvalue weighted by Gasteiger charge is 2.14. The Morgan fingerprint density at radius 1 is 1.00 bits per heavy atom. The summed E-state index contributed by atoms with van der Waals surface area (Å²) in [7, 11) is -3.73. The van der Waals surface area contributed by atoms with E-state index in [0.29, 0.717) is 18.1 Å². The van der Waals surface area contributed by atoms with E-state index in [0.717, 1.165) is 18.7 Å². The molecule has 2 aromatic carbocycles. The number of hydrogen-bond acceptors (Lipinski definition) is 5. The van der Waals surface area contributed by atoms with E-state index in [-0.39, 0.29) is 4.90 Å². The van der Waals surface area contributed by atoms with Crippen LogP contribution >= 0.6 is 0 Å². The van der Waals surface area contributed by atoms with Crippen LogP contribution in [0.4, 0.5) is 5.69 Å². The average molecular weight is 416 g/mol. The SMILES string of the molecule is CCOc1ccc(S(=O)(=O)N/N=C(/C)c2ccc(N3CCCCCC3)cc2)cc1. The van der Waals surface area contributed by atoms with Crippen LogP contribution in [0.3, 0.4) is 0 Å². The maximum absolute atomic E-state index is 12.5. The Kier molecular flexibility index (Phi) is 7.14. The van der Waals surface area contributed by atoms with Crippen molar-refractivity contribution in [2.45, 2.75) is 44.4 Å². The molecule has 3 rings (SSSR count). The van der Waals surface area contributed by atoms with Crippen molar-refractivity contribution >= 4 is 21.4 Å². The molecule has 2 aromatic rings. The number of nitrogens with zero attached hydrogens (tertiary/aromatic N) is 2. The molecule has 29 heavy (non-hydrogen) atoms. The Morgan fingerprint density at radius 3 is 2.21 bits per heavy atom. The summed E-state index contributed by atoms with van der Waals surface area (Å²) in [5.74, 6) is 0.635. The van der Waals surface area contributed by atoms with Gasteiger partial charge in [0.2, 0.25) is 0 Å². The molecule has 0 spiro atoms. The molecular formula is C22H29N3O3S. The molecule has 0 unspecified atom stereocenters. The molecule has 156 valence electrons. The van der Waals surface area contributed by atoms with E-state index in [9.17, 15) is 8.42 Å². The number of hydrazone groups is 1. The van der Waals surface area contributed by atoms with Crippen molar-refractivity contribution in [3.63, 3.8) is 0 Å². The minimum Gasteiger partial charge on any atom is -0.494 e. The smallest absolute Gasteiger partial charge is 0.276 e. The maximum Gasteiger partial charge on any atom is 0.276 e. The van der Waals surface area contributed by atoms with Gasteiger partial charge in [-0.15, -0.1) is 0 Å². The van der Waals surface area contributed by atoms with Gasteiger partial charge < -0.3 is 9.64 Å². The third-order valence-electron chi connectivity index (χ3n) is 5.03. The van der Waals surface area contributed by atoms with Crippen LogP contribution in [0, 0.1) is 0 Å². The molecule has 1 aliphatic heterocycles. The van der Waals surface area contributed by atoms with Gasteiger partial charge in [0.05, 0.1) is 17.2 Å². The first-order valence-corrected chi connectivity index (χ1v) is 11.6. The van der Waals surface area contributed by atoms with Gasteiger partial charge in [0.25, 0.3) is 10.0 Å². The van der Waals surface area contributed by atoms with Gasteiger partial charge in [-0.2, -0.15) is 18.4 Å². The normalized spacial score (nSPS) is 15.7. The van der Waals surface area contributed by atoms with E-state index in [1.807, 2.05) is 19.1 Å². The molecule has 6 nitrogen and oxygen atoms in total. The molecule has 0 radical (unpaired) electrons. The molecule has 1 fully saturated rings. The van der Waals surface area contributed by atoms with Crippen LogP contribution in [-0.2, 0) is 10.0 Å². The first-order chi connectivity index (χ1) is 14.0. The van der Waals surface area contributed by atoms with Crippen LogP contribution in [-0.4, -0.2) is 33.8 Å². The van der Waals surface area contributed by atoms with Gasteiger partial charge in [0, 0.05) is 18.8 Å². The second-order valence-corrected chi connectivity index (χ2v) is 8.81. The highest BCUT2D eigenvalue weighted by atomic mass is 32.2. The lowest BCUT2D eigenvalue weighted by Crippen LogP contribution is -2.23. The molecular weight excluding hydrogens is 386 g/mol. The molecule has 1 aliphatic rings. The number of rotatable bonds is 7. The Labute approximate surface area is 173 Å². The summed E-state index contributed by atoms with van der Waals surface area (Å²) in [5, 5.41) is 4.09. The third kappa shape index (κ3) is 5.73. The topological polar surface area (TPSA) is 71.0 Å². The first-order valence-electron chi connectivity index (χ1n) is 10.1. The van der Waals surface area contributed by atoms with Crippen molar-refractivity contribution < 1.29 is 13.2 Å². The number of ether oxygens (including phenoxy) is 1. The molecule has 0 amide bonds. The molecule has 1 heterocycles. The molecule has 0 atom stereocenters. The predicted molar refractivity (Wildman–Crippen MR) is 117 cm³/mol. The monoisotopic (exact) mass is 415 g/mol.